The molecule has 6 rings (SSSR count). The number of esters is 1. The lowest BCUT2D eigenvalue weighted by Crippen LogP contribution is -2.28. The molecule has 1 spiro atoms. The molecule has 0 bridgehead atoms. The Kier molecular flexibility index (Phi) is 4.59. The van der Waals surface area contributed by atoms with Crippen molar-refractivity contribution in [2.45, 2.75) is 36.9 Å². The predicted octanol–water partition coefficient (Wildman–Crippen LogP) is 3.93. The van der Waals surface area contributed by atoms with Crippen LogP contribution in [0.15, 0.2) is 66.9 Å². The number of hydrogen-bond donors (Lipinski definition) is 1. The smallest absolute Gasteiger partial charge is 0.340 e. The van der Waals surface area contributed by atoms with Gasteiger partial charge in [-0.3, -0.25) is 4.79 Å². The standard InChI is InChI=1S/C27H24N2O4/c30-24(20-7-4-8-21-23(20)25(31)33-27(21)13-14-28-17-27)26(11-12-26)19-9-10-22(29-15-19)32-16-18-5-2-1-3-6-18/h1-10,15,28H,11-14,16-17H2. The largest absolute Gasteiger partial charge is 0.473 e. The second kappa shape index (κ2) is 7.52. The Morgan fingerprint density at radius 2 is 1.88 bits per heavy atom. The van der Waals surface area contributed by atoms with E-state index in [9.17, 15) is 9.59 Å². The van der Waals surface area contributed by atoms with Crippen molar-refractivity contribution in [2.75, 3.05) is 13.1 Å². The van der Waals surface area contributed by atoms with Crippen LogP contribution in [0.5, 0.6) is 5.88 Å². The lowest BCUT2D eigenvalue weighted by Gasteiger charge is -2.22. The van der Waals surface area contributed by atoms with Gasteiger partial charge in [0.2, 0.25) is 5.88 Å². The number of hydrogen-bond acceptors (Lipinski definition) is 6. The second-order valence-corrected chi connectivity index (χ2v) is 9.11. The number of rotatable bonds is 6. The summed E-state index contributed by atoms with van der Waals surface area (Å²) in [6.07, 6.45) is 3.93. The maximum Gasteiger partial charge on any atom is 0.340 e. The minimum absolute atomic E-state index is 0.0286. The number of ketones is 1. The van der Waals surface area contributed by atoms with Crippen LogP contribution >= 0.6 is 0 Å². The van der Waals surface area contributed by atoms with Crippen LogP contribution in [0.4, 0.5) is 0 Å². The first kappa shape index (κ1) is 20.1. The fourth-order valence-electron chi connectivity index (χ4n) is 5.12. The maximum absolute atomic E-state index is 13.8. The van der Waals surface area contributed by atoms with E-state index < -0.39 is 17.0 Å². The third kappa shape index (κ3) is 3.25. The van der Waals surface area contributed by atoms with Gasteiger partial charge in [0.15, 0.2) is 11.4 Å². The van der Waals surface area contributed by atoms with E-state index in [1.54, 1.807) is 12.3 Å². The molecule has 0 amide bonds. The van der Waals surface area contributed by atoms with Crippen LogP contribution in [0.1, 0.15) is 56.7 Å². The SMILES string of the molecule is O=C1OC2(CCNC2)c2cccc(C(=O)C3(c4ccc(OCc5ccccc5)nc4)CC3)c21. The van der Waals surface area contributed by atoms with Gasteiger partial charge in [-0.25, -0.2) is 9.78 Å². The van der Waals surface area contributed by atoms with Gasteiger partial charge in [-0.05, 0) is 30.5 Å². The zero-order valence-electron chi connectivity index (χ0n) is 18.2. The van der Waals surface area contributed by atoms with E-state index in [1.165, 1.54) is 0 Å². The Morgan fingerprint density at radius 3 is 2.58 bits per heavy atom. The van der Waals surface area contributed by atoms with Crippen molar-refractivity contribution in [2.24, 2.45) is 0 Å². The molecular formula is C27H24N2O4. The topological polar surface area (TPSA) is 77.5 Å². The van der Waals surface area contributed by atoms with Gasteiger partial charge in [0.25, 0.3) is 0 Å². The van der Waals surface area contributed by atoms with E-state index in [0.717, 1.165) is 42.5 Å². The molecule has 2 aliphatic heterocycles. The van der Waals surface area contributed by atoms with Crippen LogP contribution in [0.2, 0.25) is 0 Å². The fourth-order valence-corrected chi connectivity index (χ4v) is 5.12. The highest BCUT2D eigenvalue weighted by Gasteiger charge is 2.55. The van der Waals surface area contributed by atoms with E-state index in [-0.39, 0.29) is 5.78 Å². The molecule has 1 saturated heterocycles. The number of pyridine rings is 1. The second-order valence-electron chi connectivity index (χ2n) is 9.11. The Hall–Kier alpha value is -3.51. The maximum atomic E-state index is 13.8. The zero-order valence-corrected chi connectivity index (χ0v) is 18.2. The minimum Gasteiger partial charge on any atom is -0.473 e. The Balaban J connectivity index is 1.26. The number of benzene rings is 2. The molecule has 33 heavy (non-hydrogen) atoms. The third-order valence-corrected chi connectivity index (χ3v) is 7.11. The summed E-state index contributed by atoms with van der Waals surface area (Å²) < 4.78 is 11.6. The number of aromatic nitrogens is 1. The summed E-state index contributed by atoms with van der Waals surface area (Å²) >= 11 is 0. The summed E-state index contributed by atoms with van der Waals surface area (Å²) in [5.41, 5.74) is 2.39. The highest BCUT2D eigenvalue weighted by molar-refractivity contribution is 6.13. The van der Waals surface area contributed by atoms with Gasteiger partial charge in [-0.15, -0.1) is 0 Å². The predicted molar refractivity (Wildman–Crippen MR) is 121 cm³/mol. The lowest BCUT2D eigenvalue weighted by molar-refractivity contribution is 0.00158. The van der Waals surface area contributed by atoms with Gasteiger partial charge in [0, 0.05) is 36.4 Å². The van der Waals surface area contributed by atoms with Gasteiger partial charge < -0.3 is 14.8 Å². The summed E-state index contributed by atoms with van der Waals surface area (Å²) in [7, 11) is 0. The Bertz CT molecular complexity index is 1230. The van der Waals surface area contributed by atoms with E-state index in [1.807, 2.05) is 54.6 Å². The molecule has 2 aromatic carbocycles. The molecule has 3 heterocycles. The zero-order chi connectivity index (χ0) is 22.5. The highest BCUT2D eigenvalue weighted by Crippen LogP contribution is 2.52. The molecule has 6 heteroatoms. The highest BCUT2D eigenvalue weighted by atomic mass is 16.6. The average Bonchev–Trinajstić information content (AvgIpc) is 3.45. The Labute approximate surface area is 191 Å². The molecule has 3 aliphatic rings. The first-order valence-corrected chi connectivity index (χ1v) is 11.4. The lowest BCUT2D eigenvalue weighted by atomic mass is 9.83. The molecule has 166 valence electrons. The number of nitrogens with zero attached hydrogens (tertiary/aromatic N) is 1. The van der Waals surface area contributed by atoms with Crippen molar-refractivity contribution in [1.29, 1.82) is 0 Å². The van der Waals surface area contributed by atoms with E-state index in [2.05, 4.69) is 10.3 Å². The van der Waals surface area contributed by atoms with Crippen molar-refractivity contribution < 1.29 is 19.1 Å². The van der Waals surface area contributed by atoms with Crippen molar-refractivity contribution in [3.8, 4) is 5.88 Å². The molecule has 1 atom stereocenters. The van der Waals surface area contributed by atoms with Crippen LogP contribution in [-0.2, 0) is 22.4 Å². The van der Waals surface area contributed by atoms with Crippen molar-refractivity contribution >= 4 is 11.8 Å². The minimum atomic E-state index is -0.640. The molecule has 1 N–H and O–H groups in total. The van der Waals surface area contributed by atoms with E-state index >= 15 is 0 Å². The summed E-state index contributed by atoms with van der Waals surface area (Å²) in [5.74, 6) is 0.0982. The van der Waals surface area contributed by atoms with Crippen LogP contribution in [-0.4, -0.2) is 29.8 Å². The number of ether oxygens (including phenoxy) is 2. The van der Waals surface area contributed by atoms with Crippen molar-refractivity contribution in [3.05, 3.63) is 94.7 Å². The van der Waals surface area contributed by atoms with Crippen LogP contribution in [0.25, 0.3) is 0 Å². The van der Waals surface area contributed by atoms with Crippen molar-refractivity contribution in [3.63, 3.8) is 0 Å². The first-order chi connectivity index (χ1) is 16.1. The quantitative estimate of drug-likeness (QED) is 0.462. The molecule has 1 saturated carbocycles. The number of nitrogens with one attached hydrogen (secondary N) is 1. The summed E-state index contributed by atoms with van der Waals surface area (Å²) in [4.78, 5) is 31.0. The number of fused-ring (bicyclic) bond motifs is 2. The Morgan fingerprint density at radius 1 is 1.03 bits per heavy atom. The van der Waals surface area contributed by atoms with Gasteiger partial charge in [0.05, 0.1) is 11.0 Å². The third-order valence-electron chi connectivity index (χ3n) is 7.11. The fraction of sp³-hybridized carbons (Fsp3) is 0.296. The molecular weight excluding hydrogens is 416 g/mol. The molecule has 3 aromatic rings. The molecule has 6 nitrogen and oxygen atoms in total. The van der Waals surface area contributed by atoms with Crippen molar-refractivity contribution in [1.82, 2.24) is 10.3 Å². The van der Waals surface area contributed by atoms with Gasteiger partial charge in [-0.1, -0.05) is 54.6 Å². The van der Waals surface area contributed by atoms with Gasteiger partial charge in [0.1, 0.15) is 6.61 Å². The summed E-state index contributed by atoms with van der Waals surface area (Å²) in [6.45, 7) is 1.81. The molecule has 1 aliphatic carbocycles. The monoisotopic (exact) mass is 440 g/mol. The van der Waals surface area contributed by atoms with Crippen LogP contribution in [0.3, 0.4) is 0 Å². The molecule has 0 radical (unpaired) electrons. The van der Waals surface area contributed by atoms with E-state index in [0.29, 0.717) is 30.2 Å². The number of Topliss-reactive ketones (excluding diaryl/α,β-unsaturated/α-hetero) is 1. The molecule has 1 unspecified atom stereocenters. The normalized spacial score (nSPS) is 22.1. The van der Waals surface area contributed by atoms with Gasteiger partial charge in [-0.2, -0.15) is 0 Å². The van der Waals surface area contributed by atoms with Crippen LogP contribution in [0, 0.1) is 0 Å². The molecule has 2 fully saturated rings. The summed E-state index contributed by atoms with van der Waals surface area (Å²) in [6, 6.07) is 19.2. The summed E-state index contributed by atoms with van der Waals surface area (Å²) in [5, 5.41) is 3.28. The van der Waals surface area contributed by atoms with Crippen LogP contribution < -0.4 is 10.1 Å². The molecule has 1 aromatic heterocycles. The number of carbonyl (C=O) groups excluding carboxylic acids is 2. The van der Waals surface area contributed by atoms with Gasteiger partial charge >= 0.3 is 5.97 Å². The average molecular weight is 440 g/mol. The number of carbonyl (C=O) groups is 2. The van der Waals surface area contributed by atoms with E-state index in [4.69, 9.17) is 9.47 Å². The first-order valence-electron chi connectivity index (χ1n) is 11.4.